The lowest BCUT2D eigenvalue weighted by Gasteiger charge is -2.21. The van der Waals surface area contributed by atoms with Gasteiger partial charge < -0.3 is 5.73 Å². The van der Waals surface area contributed by atoms with Crippen LogP contribution in [0.15, 0.2) is 30.3 Å². The number of anilines is 2. The summed E-state index contributed by atoms with van der Waals surface area (Å²) >= 11 is 0. The second-order valence-electron chi connectivity index (χ2n) is 5.26. The van der Waals surface area contributed by atoms with Gasteiger partial charge in [-0.3, -0.25) is 0 Å². The van der Waals surface area contributed by atoms with Gasteiger partial charge in [-0.2, -0.15) is 13.2 Å². The monoisotopic (exact) mass is 342 g/mol. The fourth-order valence-electron chi connectivity index (χ4n) is 1.95. The second-order valence-corrected chi connectivity index (χ2v) is 5.26. The number of hydrogen-bond donors (Lipinski definition) is 1. The highest BCUT2D eigenvalue weighted by Crippen LogP contribution is 2.32. The van der Waals surface area contributed by atoms with Crippen LogP contribution in [-0.2, 0) is 6.18 Å². The number of alkyl halides is 3. The third-order valence-corrected chi connectivity index (χ3v) is 3.13. The summed E-state index contributed by atoms with van der Waals surface area (Å²) in [6.07, 6.45) is -4.75. The number of benzene rings is 1. The van der Waals surface area contributed by atoms with Crippen LogP contribution in [-0.4, -0.2) is 16.0 Å². The van der Waals surface area contributed by atoms with E-state index in [0.29, 0.717) is 4.90 Å². The van der Waals surface area contributed by atoms with Gasteiger partial charge in [-0.25, -0.2) is 24.1 Å². The predicted octanol–water partition coefficient (Wildman–Crippen LogP) is 3.97. The molecule has 2 N–H and O–H groups in total. The number of rotatable bonds is 3. The zero-order valence-electron chi connectivity index (χ0n) is 12.8. The molecule has 0 atom stereocenters. The molecule has 5 nitrogen and oxygen atoms in total. The van der Waals surface area contributed by atoms with Crippen molar-refractivity contribution < 1.29 is 22.4 Å². The minimum absolute atomic E-state index is 0.0508. The first-order chi connectivity index (χ1) is 11.1. The lowest BCUT2D eigenvalue weighted by atomic mass is 10.1. The van der Waals surface area contributed by atoms with E-state index < -0.39 is 29.7 Å². The van der Waals surface area contributed by atoms with E-state index in [4.69, 9.17) is 5.73 Å². The molecule has 0 unspecified atom stereocenters. The van der Waals surface area contributed by atoms with Gasteiger partial charge in [-0.15, -0.1) is 0 Å². The van der Waals surface area contributed by atoms with Crippen molar-refractivity contribution in [1.82, 2.24) is 9.97 Å². The van der Waals surface area contributed by atoms with Gasteiger partial charge in [0.15, 0.2) is 0 Å². The highest BCUT2D eigenvalue weighted by Gasteiger charge is 2.35. The molecule has 2 aromatic rings. The molecule has 1 aromatic heterocycles. The Balaban J connectivity index is 2.69. The number of hydrogen-bond acceptors (Lipinski definition) is 3. The van der Waals surface area contributed by atoms with Gasteiger partial charge in [0.1, 0.15) is 11.5 Å². The van der Waals surface area contributed by atoms with Crippen LogP contribution in [0.5, 0.6) is 0 Å². The van der Waals surface area contributed by atoms with E-state index in [9.17, 15) is 22.4 Å². The van der Waals surface area contributed by atoms with E-state index in [0.717, 1.165) is 12.1 Å². The molecule has 0 saturated heterocycles. The van der Waals surface area contributed by atoms with Crippen LogP contribution in [0.2, 0.25) is 0 Å². The van der Waals surface area contributed by atoms with Crippen molar-refractivity contribution in [3.05, 3.63) is 47.5 Å². The first kappa shape index (κ1) is 17.6. The molecule has 24 heavy (non-hydrogen) atoms. The lowest BCUT2D eigenvalue weighted by molar-refractivity contribution is -0.141. The first-order valence-corrected chi connectivity index (χ1v) is 6.91. The summed E-state index contributed by atoms with van der Waals surface area (Å²) in [6, 6.07) is 4.60. The van der Waals surface area contributed by atoms with Gasteiger partial charge in [0.25, 0.3) is 0 Å². The average molecular weight is 342 g/mol. The van der Waals surface area contributed by atoms with Crippen molar-refractivity contribution >= 4 is 17.7 Å². The Morgan fingerprint density at radius 3 is 2.33 bits per heavy atom. The zero-order valence-corrected chi connectivity index (χ0v) is 12.8. The molecule has 0 fully saturated rings. The summed E-state index contributed by atoms with van der Waals surface area (Å²) in [4.78, 5) is 19.5. The maximum absolute atomic E-state index is 14.0. The van der Waals surface area contributed by atoms with Gasteiger partial charge >= 0.3 is 12.2 Å². The van der Waals surface area contributed by atoms with Gasteiger partial charge in [0.05, 0.1) is 5.69 Å². The molecule has 9 heteroatoms. The zero-order chi connectivity index (χ0) is 18.1. The van der Waals surface area contributed by atoms with Crippen molar-refractivity contribution in [2.24, 2.45) is 5.73 Å². The summed E-state index contributed by atoms with van der Waals surface area (Å²) in [6.45, 7) is 3.26. The molecular weight excluding hydrogens is 328 g/mol. The van der Waals surface area contributed by atoms with Crippen LogP contribution >= 0.6 is 0 Å². The van der Waals surface area contributed by atoms with E-state index in [1.807, 2.05) is 0 Å². The highest BCUT2D eigenvalue weighted by atomic mass is 19.4. The van der Waals surface area contributed by atoms with Crippen LogP contribution in [0.1, 0.15) is 31.2 Å². The highest BCUT2D eigenvalue weighted by molar-refractivity contribution is 5.96. The number of amides is 2. The van der Waals surface area contributed by atoms with Gasteiger partial charge in [0.2, 0.25) is 5.95 Å². The number of para-hydroxylation sites is 1. The molecule has 0 spiro atoms. The Morgan fingerprint density at radius 2 is 1.83 bits per heavy atom. The number of aromatic nitrogens is 2. The SMILES string of the molecule is CC(C)c1cc(C(F)(F)F)nc(N(C(N)=O)c2ccccc2F)n1. The Bertz CT molecular complexity index is 761. The van der Waals surface area contributed by atoms with Crippen molar-refractivity contribution in [2.45, 2.75) is 25.9 Å². The Hall–Kier alpha value is -2.71. The normalized spacial score (nSPS) is 11.6. The summed E-state index contributed by atoms with van der Waals surface area (Å²) in [5.74, 6) is -1.85. The third-order valence-electron chi connectivity index (χ3n) is 3.13. The number of nitrogens with zero attached hydrogens (tertiary/aromatic N) is 3. The summed E-state index contributed by atoms with van der Waals surface area (Å²) in [5.41, 5.74) is 3.69. The van der Waals surface area contributed by atoms with Gasteiger partial charge in [0, 0.05) is 5.69 Å². The van der Waals surface area contributed by atoms with E-state index in [2.05, 4.69) is 9.97 Å². The molecule has 0 aliphatic carbocycles. The van der Waals surface area contributed by atoms with Crippen molar-refractivity contribution in [1.29, 1.82) is 0 Å². The lowest BCUT2D eigenvalue weighted by Crippen LogP contribution is -2.34. The largest absolute Gasteiger partial charge is 0.433 e. The van der Waals surface area contributed by atoms with E-state index in [1.54, 1.807) is 13.8 Å². The maximum Gasteiger partial charge on any atom is 0.433 e. The van der Waals surface area contributed by atoms with Crippen molar-refractivity contribution in [3.8, 4) is 0 Å². The summed E-state index contributed by atoms with van der Waals surface area (Å²) < 4.78 is 53.1. The van der Waals surface area contributed by atoms with Gasteiger partial charge in [-0.1, -0.05) is 26.0 Å². The van der Waals surface area contributed by atoms with Crippen LogP contribution in [0.4, 0.5) is 34.0 Å². The number of nitrogens with two attached hydrogens (primary N) is 1. The van der Waals surface area contributed by atoms with Crippen LogP contribution < -0.4 is 10.6 Å². The molecule has 2 amide bonds. The quantitative estimate of drug-likeness (QED) is 0.858. The molecule has 1 aromatic carbocycles. The standard InChI is InChI=1S/C15H14F4N4O/c1-8(2)10-7-12(15(17,18)19)22-14(21-10)23(13(20)24)11-6-4-3-5-9(11)16/h3-8H,1-2H3,(H2,20,24). The minimum Gasteiger partial charge on any atom is -0.351 e. The Morgan fingerprint density at radius 1 is 1.21 bits per heavy atom. The smallest absolute Gasteiger partial charge is 0.351 e. The van der Waals surface area contributed by atoms with Crippen LogP contribution in [0.25, 0.3) is 0 Å². The van der Waals surface area contributed by atoms with Crippen molar-refractivity contribution in [2.75, 3.05) is 4.90 Å². The number of urea groups is 1. The number of carbonyl (C=O) groups excluding carboxylic acids is 1. The molecule has 2 rings (SSSR count). The molecule has 0 bridgehead atoms. The molecular formula is C15H14F4N4O. The van der Waals surface area contributed by atoms with E-state index >= 15 is 0 Å². The second kappa shape index (κ2) is 6.42. The number of primary amides is 1. The Kier molecular flexibility index (Phi) is 4.72. The molecule has 0 aliphatic heterocycles. The molecule has 128 valence electrons. The van der Waals surface area contributed by atoms with Crippen LogP contribution in [0.3, 0.4) is 0 Å². The first-order valence-electron chi connectivity index (χ1n) is 6.91. The summed E-state index contributed by atoms with van der Waals surface area (Å²) in [5, 5.41) is 0. The predicted molar refractivity (Wildman–Crippen MR) is 79.2 cm³/mol. The molecule has 1 heterocycles. The van der Waals surface area contributed by atoms with E-state index in [1.165, 1.54) is 18.2 Å². The van der Waals surface area contributed by atoms with Crippen LogP contribution in [0, 0.1) is 5.82 Å². The number of carbonyl (C=O) groups is 1. The Labute approximate surface area is 135 Å². The van der Waals surface area contributed by atoms with E-state index in [-0.39, 0.29) is 17.3 Å². The maximum atomic E-state index is 14.0. The minimum atomic E-state index is -4.75. The van der Waals surface area contributed by atoms with Gasteiger partial charge in [-0.05, 0) is 24.1 Å². The topological polar surface area (TPSA) is 72.1 Å². The fourth-order valence-corrected chi connectivity index (χ4v) is 1.95. The number of halogens is 4. The molecule has 0 saturated carbocycles. The van der Waals surface area contributed by atoms with Crippen molar-refractivity contribution in [3.63, 3.8) is 0 Å². The fraction of sp³-hybridized carbons (Fsp3) is 0.267. The molecule has 0 radical (unpaired) electrons. The summed E-state index contributed by atoms with van der Waals surface area (Å²) in [7, 11) is 0. The molecule has 0 aliphatic rings. The average Bonchev–Trinajstić information content (AvgIpc) is 2.48. The third kappa shape index (κ3) is 3.61.